The molecule has 25 heavy (non-hydrogen) atoms. The highest BCUT2D eigenvalue weighted by Gasteiger charge is 2.28. The number of nitrogens with zero attached hydrogens (tertiary/aromatic N) is 4. The number of hydrogen-bond acceptors (Lipinski definition) is 3. The summed E-state index contributed by atoms with van der Waals surface area (Å²) >= 11 is 5.88. The highest BCUT2D eigenvalue weighted by molar-refractivity contribution is 6.27. The lowest BCUT2D eigenvalue weighted by molar-refractivity contribution is -0.132. The summed E-state index contributed by atoms with van der Waals surface area (Å²) in [6.45, 7) is 1.35. The Morgan fingerprint density at radius 2 is 2.08 bits per heavy atom. The maximum atomic E-state index is 12.5. The van der Waals surface area contributed by atoms with Crippen molar-refractivity contribution < 1.29 is 4.79 Å². The lowest BCUT2D eigenvalue weighted by atomic mass is 10.0. The van der Waals surface area contributed by atoms with E-state index in [0.29, 0.717) is 6.54 Å². The molecule has 1 unspecified atom stereocenters. The number of halogens is 1. The summed E-state index contributed by atoms with van der Waals surface area (Å²) in [6, 6.07) is 14.7. The molecule has 1 atom stereocenters. The van der Waals surface area contributed by atoms with Crippen LogP contribution < -0.4 is 0 Å². The summed E-state index contributed by atoms with van der Waals surface area (Å²) in [5, 5.41) is 6.59. The Morgan fingerprint density at radius 1 is 1.24 bits per heavy atom. The predicted molar refractivity (Wildman–Crippen MR) is 97.3 cm³/mol. The predicted octanol–water partition coefficient (Wildman–Crippen LogP) is 3.01. The number of alkyl halides is 1. The summed E-state index contributed by atoms with van der Waals surface area (Å²) in [7, 11) is 0. The average molecular weight is 355 g/mol. The Kier molecular flexibility index (Phi) is 4.40. The number of amides is 1. The fourth-order valence-electron chi connectivity index (χ4n) is 3.51. The molecule has 0 radical (unpaired) electrons. The molecule has 4 rings (SSSR count). The lowest BCUT2D eigenvalue weighted by Gasteiger charge is -2.34. The molecule has 0 bridgehead atoms. The zero-order valence-electron chi connectivity index (χ0n) is 13.8. The normalized spacial score (nSPS) is 16.6. The van der Waals surface area contributed by atoms with Gasteiger partial charge in [0.05, 0.1) is 0 Å². The van der Waals surface area contributed by atoms with Crippen molar-refractivity contribution in [1.29, 1.82) is 0 Å². The van der Waals surface area contributed by atoms with E-state index in [1.54, 1.807) is 6.33 Å². The van der Waals surface area contributed by atoms with Gasteiger partial charge in [-0.25, -0.2) is 9.67 Å². The molecule has 1 aromatic heterocycles. The number of aryl methyl sites for hydroxylation is 1. The van der Waals surface area contributed by atoms with Gasteiger partial charge in [0, 0.05) is 25.6 Å². The van der Waals surface area contributed by atoms with E-state index in [9.17, 15) is 4.79 Å². The molecule has 1 aliphatic rings. The molecule has 2 aromatic carbocycles. The Bertz CT molecular complexity index is 907. The molecule has 0 aliphatic carbocycles. The molecule has 3 aromatic rings. The third-order valence-corrected chi connectivity index (χ3v) is 5.06. The first kappa shape index (κ1) is 16.1. The summed E-state index contributed by atoms with van der Waals surface area (Å²) in [6.07, 6.45) is 3.16. The van der Waals surface area contributed by atoms with E-state index in [4.69, 9.17) is 11.6 Å². The van der Waals surface area contributed by atoms with E-state index in [1.165, 1.54) is 10.8 Å². The highest BCUT2D eigenvalue weighted by atomic mass is 35.5. The third-order valence-electron chi connectivity index (χ3n) is 4.83. The quantitative estimate of drug-likeness (QED) is 0.677. The van der Waals surface area contributed by atoms with Gasteiger partial charge in [-0.05, 0) is 28.8 Å². The SMILES string of the molecule is O=C(CCl)N(Cc1ccc2ccccc2c1)C1CCn2ncnc2C1. The summed E-state index contributed by atoms with van der Waals surface area (Å²) in [5.41, 5.74) is 1.12. The third kappa shape index (κ3) is 3.24. The summed E-state index contributed by atoms with van der Waals surface area (Å²) < 4.78 is 1.91. The van der Waals surface area contributed by atoms with Crippen LogP contribution in [0.15, 0.2) is 48.8 Å². The fraction of sp³-hybridized carbons (Fsp3) is 0.316. The molecule has 0 spiro atoms. The van der Waals surface area contributed by atoms with Crippen LogP contribution in [0, 0.1) is 0 Å². The van der Waals surface area contributed by atoms with Gasteiger partial charge in [-0.15, -0.1) is 11.6 Å². The summed E-state index contributed by atoms with van der Waals surface area (Å²) in [5.74, 6) is 0.895. The molecule has 1 amide bonds. The molecule has 0 fully saturated rings. The van der Waals surface area contributed by atoms with Gasteiger partial charge in [0.2, 0.25) is 5.91 Å². The molecular weight excluding hydrogens is 336 g/mol. The number of rotatable bonds is 4. The smallest absolute Gasteiger partial charge is 0.238 e. The van der Waals surface area contributed by atoms with Crippen LogP contribution in [0.25, 0.3) is 10.8 Å². The molecule has 0 N–H and O–H groups in total. The maximum absolute atomic E-state index is 12.5. The van der Waals surface area contributed by atoms with E-state index in [0.717, 1.165) is 30.8 Å². The number of carbonyl (C=O) groups excluding carboxylic acids is 1. The van der Waals surface area contributed by atoms with Crippen LogP contribution in [0.3, 0.4) is 0 Å². The van der Waals surface area contributed by atoms with Crippen molar-refractivity contribution in [2.75, 3.05) is 5.88 Å². The van der Waals surface area contributed by atoms with Crippen LogP contribution in [0.5, 0.6) is 0 Å². The van der Waals surface area contributed by atoms with Crippen molar-refractivity contribution in [1.82, 2.24) is 19.7 Å². The van der Waals surface area contributed by atoms with Crippen LogP contribution in [0.1, 0.15) is 17.8 Å². The van der Waals surface area contributed by atoms with Crippen molar-refractivity contribution in [3.8, 4) is 0 Å². The maximum Gasteiger partial charge on any atom is 0.238 e. The number of fused-ring (bicyclic) bond motifs is 2. The Morgan fingerprint density at radius 3 is 2.92 bits per heavy atom. The van der Waals surface area contributed by atoms with Crippen molar-refractivity contribution in [3.63, 3.8) is 0 Å². The Balaban J connectivity index is 1.59. The van der Waals surface area contributed by atoms with Crippen LogP contribution in [-0.4, -0.2) is 37.5 Å². The van der Waals surface area contributed by atoms with E-state index in [2.05, 4.69) is 40.4 Å². The first-order chi connectivity index (χ1) is 12.2. The second-order valence-electron chi connectivity index (χ2n) is 6.38. The van der Waals surface area contributed by atoms with E-state index >= 15 is 0 Å². The molecule has 128 valence electrons. The van der Waals surface area contributed by atoms with E-state index in [-0.39, 0.29) is 17.8 Å². The highest BCUT2D eigenvalue weighted by Crippen LogP contribution is 2.22. The standard InChI is InChI=1S/C19H19ClN4O/c20-11-19(25)23(17-7-8-24-18(10-17)21-13-22-24)12-14-5-6-15-3-1-2-4-16(15)9-14/h1-6,9,13,17H,7-8,10-12H2. The zero-order chi connectivity index (χ0) is 17.2. The molecule has 0 saturated heterocycles. The van der Waals surface area contributed by atoms with E-state index < -0.39 is 0 Å². The van der Waals surface area contributed by atoms with Crippen LogP contribution in [0.2, 0.25) is 0 Å². The molecule has 5 nitrogen and oxygen atoms in total. The van der Waals surface area contributed by atoms with Gasteiger partial charge in [-0.2, -0.15) is 5.10 Å². The van der Waals surface area contributed by atoms with Gasteiger partial charge in [0.15, 0.2) is 0 Å². The van der Waals surface area contributed by atoms with Crippen molar-refractivity contribution in [2.45, 2.75) is 32.0 Å². The molecule has 1 aliphatic heterocycles. The molecule has 2 heterocycles. The number of hydrogen-bond donors (Lipinski definition) is 0. The number of aromatic nitrogens is 3. The first-order valence-corrected chi connectivity index (χ1v) is 8.98. The second kappa shape index (κ2) is 6.84. The van der Waals surface area contributed by atoms with Gasteiger partial charge in [-0.3, -0.25) is 4.79 Å². The van der Waals surface area contributed by atoms with Gasteiger partial charge in [-0.1, -0.05) is 36.4 Å². The van der Waals surface area contributed by atoms with Crippen LogP contribution in [-0.2, 0) is 24.3 Å². The Labute approximate surface area is 151 Å². The topological polar surface area (TPSA) is 51.0 Å². The van der Waals surface area contributed by atoms with Gasteiger partial charge in [0.1, 0.15) is 18.0 Å². The van der Waals surface area contributed by atoms with Crippen molar-refractivity contribution in [2.24, 2.45) is 0 Å². The van der Waals surface area contributed by atoms with Crippen molar-refractivity contribution in [3.05, 3.63) is 60.2 Å². The number of benzene rings is 2. The molecule has 6 heteroatoms. The van der Waals surface area contributed by atoms with Gasteiger partial charge in [0.25, 0.3) is 0 Å². The first-order valence-electron chi connectivity index (χ1n) is 8.44. The zero-order valence-corrected chi connectivity index (χ0v) is 14.6. The van der Waals surface area contributed by atoms with Crippen LogP contribution in [0.4, 0.5) is 0 Å². The minimum Gasteiger partial charge on any atom is -0.334 e. The Hall–Kier alpha value is -2.40. The van der Waals surface area contributed by atoms with Gasteiger partial charge >= 0.3 is 0 Å². The minimum absolute atomic E-state index is 0.00320. The lowest BCUT2D eigenvalue weighted by Crippen LogP contribution is -2.44. The second-order valence-corrected chi connectivity index (χ2v) is 6.65. The van der Waals surface area contributed by atoms with Crippen molar-refractivity contribution >= 4 is 28.3 Å². The van der Waals surface area contributed by atoms with Crippen LogP contribution >= 0.6 is 11.6 Å². The van der Waals surface area contributed by atoms with E-state index in [1.807, 2.05) is 21.7 Å². The summed E-state index contributed by atoms with van der Waals surface area (Å²) in [4.78, 5) is 18.7. The fourth-order valence-corrected chi connectivity index (χ4v) is 3.67. The van der Waals surface area contributed by atoms with Gasteiger partial charge < -0.3 is 4.90 Å². The average Bonchev–Trinajstić information content (AvgIpc) is 3.13. The largest absolute Gasteiger partial charge is 0.334 e. The monoisotopic (exact) mass is 354 g/mol. The minimum atomic E-state index is -0.0345. The number of carbonyl (C=O) groups is 1. The molecular formula is C19H19ClN4O. The molecule has 0 saturated carbocycles.